The Bertz CT molecular complexity index is 375. The van der Waals surface area contributed by atoms with Gasteiger partial charge in [-0.1, -0.05) is 11.6 Å². The van der Waals surface area contributed by atoms with Crippen LogP contribution in [0.2, 0.25) is 5.02 Å². The van der Waals surface area contributed by atoms with Crippen molar-refractivity contribution in [2.45, 2.75) is 6.54 Å². The maximum Gasteiger partial charge on any atom is 0.408 e. The van der Waals surface area contributed by atoms with Gasteiger partial charge in [-0.3, -0.25) is 0 Å². The van der Waals surface area contributed by atoms with E-state index in [1.165, 1.54) is 13.3 Å². The summed E-state index contributed by atoms with van der Waals surface area (Å²) >= 11 is 5.49. The molecule has 0 N–H and O–H groups in total. The largest absolute Gasteiger partial charge is 0.468 e. The molecular formula is C6H6ClN3O4. The van der Waals surface area contributed by atoms with E-state index in [0.29, 0.717) is 0 Å². The van der Waals surface area contributed by atoms with Crippen LogP contribution in [0.15, 0.2) is 6.20 Å². The fourth-order valence-corrected chi connectivity index (χ4v) is 1.01. The average Bonchev–Trinajstić information content (AvgIpc) is 2.46. The number of carbonyl (C=O) groups is 1. The summed E-state index contributed by atoms with van der Waals surface area (Å²) in [4.78, 5) is 20.4. The molecular weight excluding hydrogens is 214 g/mol. The molecule has 1 rings (SSSR count). The molecule has 1 aromatic heterocycles. The molecule has 0 fully saturated rings. The zero-order valence-electron chi connectivity index (χ0n) is 7.14. The molecule has 0 atom stereocenters. The number of halogens is 1. The number of methoxy groups -OCH3 is 1. The molecule has 0 bridgehead atoms. The van der Waals surface area contributed by atoms with Gasteiger partial charge in [0.25, 0.3) is 0 Å². The first-order valence-electron chi connectivity index (χ1n) is 3.48. The SMILES string of the molecule is COC(=O)Cn1cc(Cl)c([N+](=O)[O-])n1. The number of ether oxygens (including phenoxy) is 1. The number of nitrogens with zero attached hydrogens (tertiary/aromatic N) is 3. The maximum absolute atomic E-state index is 10.8. The Labute approximate surface area is 83.4 Å². The summed E-state index contributed by atoms with van der Waals surface area (Å²) in [5, 5.41) is 13.7. The van der Waals surface area contributed by atoms with E-state index >= 15 is 0 Å². The maximum atomic E-state index is 10.8. The lowest BCUT2D eigenvalue weighted by atomic mass is 10.6. The summed E-state index contributed by atoms with van der Waals surface area (Å²) in [7, 11) is 1.21. The lowest BCUT2D eigenvalue weighted by Crippen LogP contribution is -2.11. The Morgan fingerprint density at radius 2 is 2.50 bits per heavy atom. The molecule has 0 aliphatic rings. The Hall–Kier alpha value is -1.63. The van der Waals surface area contributed by atoms with Gasteiger partial charge in [0.15, 0.2) is 11.6 Å². The van der Waals surface area contributed by atoms with Crippen LogP contribution < -0.4 is 0 Å². The topological polar surface area (TPSA) is 87.3 Å². The van der Waals surface area contributed by atoms with E-state index in [0.717, 1.165) is 4.68 Å². The number of hydrogen-bond donors (Lipinski definition) is 0. The zero-order chi connectivity index (χ0) is 10.7. The highest BCUT2D eigenvalue weighted by Gasteiger charge is 2.20. The minimum absolute atomic E-state index is 0.112. The molecule has 0 aliphatic heterocycles. The predicted molar refractivity (Wildman–Crippen MR) is 45.9 cm³/mol. The standard InChI is InChI=1S/C6H6ClN3O4/c1-14-5(11)3-9-2-4(7)6(8-9)10(12)13/h2H,3H2,1H3. The zero-order valence-corrected chi connectivity index (χ0v) is 7.89. The molecule has 8 heteroatoms. The number of hydrogen-bond acceptors (Lipinski definition) is 5. The predicted octanol–water partition coefficient (Wildman–Crippen LogP) is 0.618. The normalized spacial score (nSPS) is 9.86. The van der Waals surface area contributed by atoms with Crippen molar-refractivity contribution in [1.82, 2.24) is 9.78 Å². The molecule has 7 nitrogen and oxygen atoms in total. The van der Waals surface area contributed by atoms with Crippen molar-refractivity contribution in [3.05, 3.63) is 21.3 Å². The molecule has 76 valence electrons. The molecule has 14 heavy (non-hydrogen) atoms. The van der Waals surface area contributed by atoms with Gasteiger partial charge in [-0.2, -0.15) is 4.68 Å². The Kier molecular flexibility index (Phi) is 3.03. The van der Waals surface area contributed by atoms with Crippen LogP contribution in [0.25, 0.3) is 0 Å². The first-order valence-corrected chi connectivity index (χ1v) is 3.86. The summed E-state index contributed by atoms with van der Waals surface area (Å²) < 4.78 is 5.40. The highest BCUT2D eigenvalue weighted by Crippen LogP contribution is 2.20. The molecule has 0 aliphatic carbocycles. The van der Waals surface area contributed by atoms with Gasteiger partial charge < -0.3 is 14.9 Å². The highest BCUT2D eigenvalue weighted by atomic mass is 35.5. The van der Waals surface area contributed by atoms with Crippen LogP contribution in [0.4, 0.5) is 5.82 Å². The minimum Gasteiger partial charge on any atom is -0.468 e. The van der Waals surface area contributed by atoms with E-state index < -0.39 is 16.7 Å². The van der Waals surface area contributed by atoms with Gasteiger partial charge >= 0.3 is 11.8 Å². The van der Waals surface area contributed by atoms with Crippen LogP contribution in [0.1, 0.15) is 0 Å². The van der Waals surface area contributed by atoms with Crippen LogP contribution >= 0.6 is 11.6 Å². The van der Waals surface area contributed by atoms with Crippen molar-refractivity contribution in [3.63, 3.8) is 0 Å². The van der Waals surface area contributed by atoms with Crippen molar-refractivity contribution in [3.8, 4) is 0 Å². The summed E-state index contributed by atoms with van der Waals surface area (Å²) in [6, 6.07) is 0. The van der Waals surface area contributed by atoms with Gasteiger partial charge in [0.05, 0.1) is 18.4 Å². The third-order valence-corrected chi connectivity index (χ3v) is 1.66. The second-order valence-corrected chi connectivity index (χ2v) is 2.74. The third-order valence-electron chi connectivity index (χ3n) is 1.39. The molecule has 0 radical (unpaired) electrons. The second kappa shape index (κ2) is 4.05. The van der Waals surface area contributed by atoms with Crippen molar-refractivity contribution in [1.29, 1.82) is 0 Å². The van der Waals surface area contributed by atoms with Gasteiger partial charge in [-0.25, -0.2) is 4.79 Å². The number of nitro groups is 1. The van der Waals surface area contributed by atoms with Crippen molar-refractivity contribution in [2.75, 3.05) is 7.11 Å². The Morgan fingerprint density at radius 3 is 2.93 bits per heavy atom. The summed E-state index contributed by atoms with van der Waals surface area (Å²) in [5.41, 5.74) is 0. The molecule has 0 amide bonds. The summed E-state index contributed by atoms with van der Waals surface area (Å²) in [6.07, 6.45) is 1.19. The van der Waals surface area contributed by atoms with Gasteiger partial charge in [-0.15, -0.1) is 0 Å². The summed E-state index contributed by atoms with van der Waals surface area (Å²) in [6.45, 7) is -0.204. The van der Waals surface area contributed by atoms with Gasteiger partial charge in [0.1, 0.15) is 0 Å². The minimum atomic E-state index is -0.726. The van der Waals surface area contributed by atoms with E-state index in [-0.39, 0.29) is 11.6 Å². The molecule has 0 aromatic carbocycles. The van der Waals surface area contributed by atoms with Crippen LogP contribution in [0.3, 0.4) is 0 Å². The highest BCUT2D eigenvalue weighted by molar-refractivity contribution is 6.32. The van der Waals surface area contributed by atoms with E-state index in [4.69, 9.17) is 11.6 Å². The fourth-order valence-electron chi connectivity index (χ4n) is 0.788. The van der Waals surface area contributed by atoms with E-state index in [2.05, 4.69) is 9.84 Å². The van der Waals surface area contributed by atoms with Crippen LogP contribution in [0, 0.1) is 10.1 Å². The van der Waals surface area contributed by atoms with E-state index in [1.54, 1.807) is 0 Å². The van der Waals surface area contributed by atoms with Crippen LogP contribution in [-0.4, -0.2) is 27.8 Å². The molecule has 0 spiro atoms. The number of rotatable bonds is 3. The second-order valence-electron chi connectivity index (χ2n) is 2.33. The summed E-state index contributed by atoms with van der Waals surface area (Å²) in [5.74, 6) is -1.03. The Balaban J connectivity index is 2.86. The fraction of sp³-hybridized carbons (Fsp3) is 0.333. The number of aromatic nitrogens is 2. The van der Waals surface area contributed by atoms with Crippen molar-refractivity contribution in [2.24, 2.45) is 0 Å². The lowest BCUT2D eigenvalue weighted by molar-refractivity contribution is -0.389. The van der Waals surface area contributed by atoms with E-state index in [1.807, 2.05) is 0 Å². The lowest BCUT2D eigenvalue weighted by Gasteiger charge is -1.93. The van der Waals surface area contributed by atoms with Crippen molar-refractivity contribution >= 4 is 23.4 Å². The molecule has 0 unspecified atom stereocenters. The van der Waals surface area contributed by atoms with Gasteiger partial charge in [0, 0.05) is 0 Å². The molecule has 0 saturated heterocycles. The quantitative estimate of drug-likeness (QED) is 0.422. The number of carbonyl (C=O) groups excluding carboxylic acids is 1. The average molecular weight is 220 g/mol. The van der Waals surface area contributed by atoms with Gasteiger partial charge in [-0.05, 0) is 4.92 Å². The molecule has 0 saturated carbocycles. The number of esters is 1. The van der Waals surface area contributed by atoms with Crippen LogP contribution in [-0.2, 0) is 16.1 Å². The van der Waals surface area contributed by atoms with Crippen LogP contribution in [0.5, 0.6) is 0 Å². The van der Waals surface area contributed by atoms with Crippen molar-refractivity contribution < 1.29 is 14.5 Å². The first kappa shape index (κ1) is 10.5. The van der Waals surface area contributed by atoms with E-state index in [9.17, 15) is 14.9 Å². The van der Waals surface area contributed by atoms with Gasteiger partial charge in [0.2, 0.25) is 0 Å². The molecule has 1 heterocycles. The Morgan fingerprint density at radius 1 is 1.86 bits per heavy atom. The first-order chi connectivity index (χ1) is 6.54. The molecule has 1 aromatic rings. The monoisotopic (exact) mass is 219 g/mol. The smallest absolute Gasteiger partial charge is 0.408 e. The third kappa shape index (κ3) is 2.19.